The first-order chi connectivity index (χ1) is 10.2. The Kier molecular flexibility index (Phi) is 6.97. The Bertz CT molecular complexity index is 308. The molecule has 0 aromatic rings. The van der Waals surface area contributed by atoms with Crippen LogP contribution in [0.25, 0.3) is 0 Å². The summed E-state index contributed by atoms with van der Waals surface area (Å²) < 4.78 is 0. The van der Waals surface area contributed by atoms with E-state index in [-0.39, 0.29) is 11.9 Å². The van der Waals surface area contributed by atoms with Crippen LogP contribution in [-0.4, -0.2) is 29.2 Å². The van der Waals surface area contributed by atoms with Crippen molar-refractivity contribution in [1.82, 2.24) is 5.32 Å². The van der Waals surface area contributed by atoms with Crippen LogP contribution in [0.1, 0.15) is 77.0 Å². The minimum Gasteiger partial charge on any atom is -0.382 e. The molecule has 122 valence electrons. The van der Waals surface area contributed by atoms with Gasteiger partial charge in [-0.15, -0.1) is 0 Å². The Morgan fingerprint density at radius 2 is 1.52 bits per heavy atom. The Morgan fingerprint density at radius 1 is 1.00 bits per heavy atom. The third-order valence-corrected chi connectivity index (χ3v) is 5.21. The summed E-state index contributed by atoms with van der Waals surface area (Å²) >= 11 is 0. The van der Waals surface area contributed by atoms with Crippen LogP contribution in [-0.2, 0) is 4.79 Å². The molecule has 2 rings (SSSR count). The molecule has 2 unspecified atom stereocenters. The number of nitrogens with two attached hydrogens (primary N) is 1. The molecule has 0 aliphatic heterocycles. The topological polar surface area (TPSA) is 75.3 Å². The van der Waals surface area contributed by atoms with Gasteiger partial charge in [0, 0.05) is 12.1 Å². The van der Waals surface area contributed by atoms with Gasteiger partial charge in [-0.3, -0.25) is 4.79 Å². The van der Waals surface area contributed by atoms with E-state index < -0.39 is 12.1 Å². The summed E-state index contributed by atoms with van der Waals surface area (Å²) in [7, 11) is 0. The van der Waals surface area contributed by atoms with E-state index in [2.05, 4.69) is 5.32 Å². The minimum atomic E-state index is -1.05. The van der Waals surface area contributed by atoms with Crippen LogP contribution in [0.15, 0.2) is 0 Å². The zero-order valence-corrected chi connectivity index (χ0v) is 13.2. The molecule has 0 radical (unpaired) electrons. The van der Waals surface area contributed by atoms with Gasteiger partial charge in [0.05, 0.1) is 0 Å². The van der Waals surface area contributed by atoms with Crippen molar-refractivity contribution in [3.8, 4) is 0 Å². The van der Waals surface area contributed by atoms with E-state index in [4.69, 9.17) is 5.73 Å². The van der Waals surface area contributed by atoms with Gasteiger partial charge in [-0.2, -0.15) is 0 Å². The molecular weight excluding hydrogens is 264 g/mol. The summed E-state index contributed by atoms with van der Waals surface area (Å²) in [4.78, 5) is 12.2. The zero-order chi connectivity index (χ0) is 15.1. The largest absolute Gasteiger partial charge is 0.382 e. The Labute approximate surface area is 128 Å². The van der Waals surface area contributed by atoms with Crippen molar-refractivity contribution in [2.75, 3.05) is 0 Å². The molecule has 0 aromatic heterocycles. The van der Waals surface area contributed by atoms with Crippen LogP contribution in [0.5, 0.6) is 0 Å². The van der Waals surface area contributed by atoms with Crippen LogP contribution in [0.3, 0.4) is 0 Å². The van der Waals surface area contributed by atoms with Crippen molar-refractivity contribution in [3.63, 3.8) is 0 Å². The molecule has 2 aliphatic carbocycles. The third-order valence-electron chi connectivity index (χ3n) is 5.21. The van der Waals surface area contributed by atoms with Crippen molar-refractivity contribution in [1.29, 1.82) is 0 Å². The lowest BCUT2D eigenvalue weighted by molar-refractivity contribution is -0.131. The predicted octanol–water partition coefficient (Wildman–Crippen LogP) is 2.48. The number of carbonyl (C=O) groups is 1. The maximum atomic E-state index is 12.2. The van der Waals surface area contributed by atoms with Crippen molar-refractivity contribution in [2.45, 2.75) is 95.2 Å². The normalized spacial score (nSPS) is 25.0. The first kappa shape index (κ1) is 16.8. The van der Waals surface area contributed by atoms with E-state index >= 15 is 0 Å². The quantitative estimate of drug-likeness (QED) is 0.682. The standard InChI is InChI=1S/C17H32N2O2/c18-15(12-13-8-4-3-5-9-13)16(20)17(21)19-14-10-6-1-2-7-11-14/h13-16,20H,1-12,18H2,(H,19,21). The molecule has 2 atom stereocenters. The average molecular weight is 296 g/mol. The minimum absolute atomic E-state index is 0.233. The van der Waals surface area contributed by atoms with E-state index in [0.29, 0.717) is 5.92 Å². The highest BCUT2D eigenvalue weighted by Gasteiger charge is 2.28. The molecule has 0 aromatic carbocycles. The number of nitrogens with one attached hydrogen (secondary N) is 1. The molecule has 1 amide bonds. The Morgan fingerprint density at radius 3 is 2.14 bits per heavy atom. The van der Waals surface area contributed by atoms with Crippen molar-refractivity contribution < 1.29 is 9.90 Å². The van der Waals surface area contributed by atoms with Crippen LogP contribution < -0.4 is 11.1 Å². The van der Waals surface area contributed by atoms with Gasteiger partial charge >= 0.3 is 0 Å². The molecule has 0 heterocycles. The van der Waals surface area contributed by atoms with E-state index in [9.17, 15) is 9.90 Å². The van der Waals surface area contributed by atoms with Crippen LogP contribution in [0, 0.1) is 5.92 Å². The number of aliphatic hydroxyl groups is 1. The molecular formula is C17H32N2O2. The van der Waals surface area contributed by atoms with Crippen LogP contribution in [0.4, 0.5) is 0 Å². The van der Waals surface area contributed by atoms with Crippen LogP contribution in [0.2, 0.25) is 0 Å². The molecule has 0 saturated heterocycles. The van der Waals surface area contributed by atoms with Crippen molar-refractivity contribution in [3.05, 3.63) is 0 Å². The van der Waals surface area contributed by atoms with Gasteiger partial charge in [-0.1, -0.05) is 57.8 Å². The number of amides is 1. The van der Waals surface area contributed by atoms with Gasteiger partial charge in [0.15, 0.2) is 0 Å². The SMILES string of the molecule is NC(CC1CCCCC1)C(O)C(=O)NC1CCCCCC1. The highest BCUT2D eigenvalue weighted by Crippen LogP contribution is 2.27. The molecule has 0 spiro atoms. The number of carbonyl (C=O) groups excluding carboxylic acids is 1. The van der Waals surface area contributed by atoms with E-state index in [1.165, 1.54) is 57.8 Å². The molecule has 0 bridgehead atoms. The molecule has 4 N–H and O–H groups in total. The second-order valence-corrected chi connectivity index (χ2v) is 7.05. The second-order valence-electron chi connectivity index (χ2n) is 7.05. The molecule has 21 heavy (non-hydrogen) atoms. The highest BCUT2D eigenvalue weighted by atomic mass is 16.3. The molecule has 4 heteroatoms. The Hall–Kier alpha value is -0.610. The lowest BCUT2D eigenvalue weighted by Crippen LogP contribution is -2.49. The van der Waals surface area contributed by atoms with E-state index in [1.54, 1.807) is 0 Å². The molecule has 2 saturated carbocycles. The van der Waals surface area contributed by atoms with Gasteiger partial charge in [0.1, 0.15) is 6.10 Å². The predicted molar refractivity (Wildman–Crippen MR) is 84.8 cm³/mol. The summed E-state index contributed by atoms with van der Waals surface area (Å²) in [6.07, 6.45) is 12.9. The smallest absolute Gasteiger partial charge is 0.250 e. The summed E-state index contributed by atoms with van der Waals surface area (Å²) in [5.41, 5.74) is 6.07. The van der Waals surface area contributed by atoms with Gasteiger partial charge < -0.3 is 16.2 Å². The number of aliphatic hydroxyl groups excluding tert-OH is 1. The van der Waals surface area contributed by atoms with Crippen molar-refractivity contribution in [2.24, 2.45) is 11.7 Å². The summed E-state index contributed by atoms with van der Waals surface area (Å²) in [5, 5.41) is 13.2. The fourth-order valence-electron chi connectivity index (χ4n) is 3.84. The molecule has 2 fully saturated rings. The van der Waals surface area contributed by atoms with Crippen LogP contribution >= 0.6 is 0 Å². The van der Waals surface area contributed by atoms with E-state index in [0.717, 1.165) is 19.3 Å². The molecule has 2 aliphatic rings. The van der Waals surface area contributed by atoms with Crippen molar-refractivity contribution >= 4 is 5.91 Å². The van der Waals surface area contributed by atoms with Gasteiger partial charge in [-0.25, -0.2) is 0 Å². The zero-order valence-electron chi connectivity index (χ0n) is 13.2. The first-order valence-corrected chi connectivity index (χ1v) is 8.91. The van der Waals surface area contributed by atoms with Gasteiger partial charge in [-0.05, 0) is 25.2 Å². The van der Waals surface area contributed by atoms with E-state index in [1.807, 2.05) is 0 Å². The number of rotatable bonds is 5. The maximum absolute atomic E-state index is 12.2. The maximum Gasteiger partial charge on any atom is 0.250 e. The second kappa shape index (κ2) is 8.74. The monoisotopic (exact) mass is 296 g/mol. The van der Waals surface area contributed by atoms with Gasteiger partial charge in [0.25, 0.3) is 5.91 Å². The highest BCUT2D eigenvalue weighted by molar-refractivity contribution is 5.81. The lowest BCUT2D eigenvalue weighted by atomic mass is 9.84. The lowest BCUT2D eigenvalue weighted by Gasteiger charge is -2.27. The fraction of sp³-hybridized carbons (Fsp3) is 0.941. The first-order valence-electron chi connectivity index (χ1n) is 8.91. The molecule has 4 nitrogen and oxygen atoms in total. The summed E-state index contributed by atoms with van der Waals surface area (Å²) in [5.74, 6) is 0.333. The van der Waals surface area contributed by atoms with Gasteiger partial charge in [0.2, 0.25) is 0 Å². The fourth-order valence-corrected chi connectivity index (χ4v) is 3.84. The number of hydrogen-bond acceptors (Lipinski definition) is 3. The number of hydrogen-bond donors (Lipinski definition) is 3. The Balaban J connectivity index is 1.74. The average Bonchev–Trinajstić information content (AvgIpc) is 2.76. The summed E-state index contributed by atoms with van der Waals surface area (Å²) in [6.45, 7) is 0. The summed E-state index contributed by atoms with van der Waals surface area (Å²) in [6, 6.07) is -0.185. The third kappa shape index (κ3) is 5.59.